The summed E-state index contributed by atoms with van der Waals surface area (Å²) >= 11 is 1.13. The summed E-state index contributed by atoms with van der Waals surface area (Å²) in [7, 11) is 2.83. The lowest BCUT2D eigenvalue weighted by molar-refractivity contribution is -0.142. The summed E-state index contributed by atoms with van der Waals surface area (Å²) in [5.74, 6) is -0.974. The maximum absolute atomic E-state index is 12.5. The van der Waals surface area contributed by atoms with E-state index in [2.05, 4.69) is 25.0 Å². The van der Waals surface area contributed by atoms with Gasteiger partial charge < -0.3 is 15.0 Å². The zero-order valence-electron chi connectivity index (χ0n) is 14.6. The molecule has 140 valence electrons. The van der Waals surface area contributed by atoms with E-state index in [4.69, 9.17) is 0 Å². The van der Waals surface area contributed by atoms with Crippen molar-refractivity contribution in [2.75, 3.05) is 19.5 Å². The number of aliphatic imine (C=N–C) groups is 1. The standard InChI is InChI=1S/C17H17N5O4S/c1-22-16(25)11(8-12(23)26-2)27-17(22)21-14-13(18-9-19-14)15(24)20-10-6-4-3-5-7-10/h3-7,9,11H,8H2,1-2H3,(H,18,19)(H,20,24). The second-order valence-corrected chi connectivity index (χ2v) is 6.77. The van der Waals surface area contributed by atoms with E-state index in [1.807, 2.05) is 6.07 Å². The predicted octanol–water partition coefficient (Wildman–Crippen LogP) is 1.79. The Morgan fingerprint density at radius 2 is 2.11 bits per heavy atom. The van der Waals surface area contributed by atoms with E-state index in [-0.39, 0.29) is 23.8 Å². The van der Waals surface area contributed by atoms with Crippen molar-refractivity contribution >= 4 is 46.2 Å². The lowest BCUT2D eigenvalue weighted by atomic mass is 10.3. The maximum atomic E-state index is 12.5. The number of thioether (sulfide) groups is 1. The molecular formula is C17H17N5O4S. The smallest absolute Gasteiger partial charge is 0.307 e. The number of H-pyrrole nitrogens is 1. The van der Waals surface area contributed by atoms with Crippen LogP contribution < -0.4 is 5.32 Å². The number of esters is 1. The molecule has 1 atom stereocenters. The van der Waals surface area contributed by atoms with Crippen molar-refractivity contribution in [3.05, 3.63) is 42.4 Å². The highest BCUT2D eigenvalue weighted by Gasteiger charge is 2.37. The van der Waals surface area contributed by atoms with Crippen molar-refractivity contribution in [1.29, 1.82) is 0 Å². The Morgan fingerprint density at radius 3 is 2.81 bits per heavy atom. The van der Waals surface area contributed by atoms with Crippen LogP contribution in [0.1, 0.15) is 16.9 Å². The zero-order chi connectivity index (χ0) is 19.4. The van der Waals surface area contributed by atoms with Crippen LogP contribution in [0.3, 0.4) is 0 Å². The van der Waals surface area contributed by atoms with Gasteiger partial charge in [-0.05, 0) is 12.1 Å². The van der Waals surface area contributed by atoms with Gasteiger partial charge in [0.25, 0.3) is 5.91 Å². The molecule has 0 radical (unpaired) electrons. The van der Waals surface area contributed by atoms with E-state index < -0.39 is 17.1 Å². The molecule has 0 saturated carbocycles. The minimum absolute atomic E-state index is 0.0503. The first-order valence-electron chi connectivity index (χ1n) is 7.99. The van der Waals surface area contributed by atoms with Crippen molar-refractivity contribution in [1.82, 2.24) is 14.9 Å². The number of aromatic amines is 1. The van der Waals surface area contributed by atoms with Crippen LogP contribution in [0.2, 0.25) is 0 Å². The van der Waals surface area contributed by atoms with Gasteiger partial charge in [0, 0.05) is 12.7 Å². The Balaban J connectivity index is 1.78. The van der Waals surface area contributed by atoms with Crippen LogP contribution in [0.4, 0.5) is 11.5 Å². The SMILES string of the molecule is COC(=O)CC1SC(=Nc2nc[nH]c2C(=O)Nc2ccccc2)N(C)C1=O. The van der Waals surface area contributed by atoms with Crippen LogP contribution >= 0.6 is 11.8 Å². The number of amidine groups is 1. The molecule has 0 bridgehead atoms. The first-order valence-corrected chi connectivity index (χ1v) is 8.87. The van der Waals surface area contributed by atoms with Crippen LogP contribution in [0.25, 0.3) is 0 Å². The number of aromatic nitrogens is 2. The Morgan fingerprint density at radius 1 is 1.37 bits per heavy atom. The van der Waals surface area contributed by atoms with Crippen LogP contribution in [0.5, 0.6) is 0 Å². The molecule has 0 aliphatic carbocycles. The van der Waals surface area contributed by atoms with Crippen molar-refractivity contribution < 1.29 is 19.1 Å². The summed E-state index contributed by atoms with van der Waals surface area (Å²) in [5, 5.41) is 2.49. The van der Waals surface area contributed by atoms with E-state index in [1.54, 1.807) is 31.3 Å². The number of hydrogen-bond donors (Lipinski definition) is 2. The summed E-state index contributed by atoms with van der Waals surface area (Å²) in [4.78, 5) is 48.7. The molecule has 2 aromatic rings. The summed E-state index contributed by atoms with van der Waals surface area (Å²) in [5.41, 5.74) is 0.806. The molecule has 2 N–H and O–H groups in total. The van der Waals surface area contributed by atoms with E-state index >= 15 is 0 Å². The van der Waals surface area contributed by atoms with Gasteiger partial charge in [0.2, 0.25) is 5.91 Å². The number of nitrogens with zero attached hydrogens (tertiary/aromatic N) is 3. The molecule has 2 heterocycles. The lowest BCUT2D eigenvalue weighted by Gasteiger charge is -2.08. The van der Waals surface area contributed by atoms with Gasteiger partial charge in [-0.25, -0.2) is 9.98 Å². The van der Waals surface area contributed by atoms with Gasteiger partial charge in [0.15, 0.2) is 16.7 Å². The quantitative estimate of drug-likeness (QED) is 0.756. The number of anilines is 1. The highest BCUT2D eigenvalue weighted by atomic mass is 32.2. The molecule has 9 nitrogen and oxygen atoms in total. The molecule has 1 aliphatic heterocycles. The number of methoxy groups -OCH3 is 1. The third-order valence-electron chi connectivity index (χ3n) is 3.80. The molecule has 27 heavy (non-hydrogen) atoms. The molecule has 1 aliphatic rings. The number of amides is 2. The maximum Gasteiger partial charge on any atom is 0.307 e. The Labute approximate surface area is 159 Å². The Kier molecular flexibility index (Phi) is 5.55. The average Bonchev–Trinajstić information content (AvgIpc) is 3.23. The normalized spacial score (nSPS) is 18.0. The fourth-order valence-corrected chi connectivity index (χ4v) is 3.50. The number of ether oxygens (including phenoxy) is 1. The fraction of sp³-hybridized carbons (Fsp3) is 0.235. The molecule has 1 aromatic carbocycles. The fourth-order valence-electron chi connectivity index (χ4n) is 2.38. The van der Waals surface area contributed by atoms with Crippen LogP contribution in [0.15, 0.2) is 41.7 Å². The molecule has 0 spiro atoms. The predicted molar refractivity (Wildman–Crippen MR) is 101 cm³/mol. The summed E-state index contributed by atoms with van der Waals surface area (Å²) in [6.45, 7) is 0. The molecular weight excluding hydrogens is 370 g/mol. The number of nitrogens with one attached hydrogen (secondary N) is 2. The molecule has 1 aromatic heterocycles. The van der Waals surface area contributed by atoms with Crippen molar-refractivity contribution in [3.63, 3.8) is 0 Å². The topological polar surface area (TPSA) is 117 Å². The van der Waals surface area contributed by atoms with Gasteiger partial charge >= 0.3 is 5.97 Å². The number of carbonyl (C=O) groups excluding carboxylic acids is 3. The minimum Gasteiger partial charge on any atom is -0.469 e. The third kappa shape index (κ3) is 4.17. The Bertz CT molecular complexity index is 896. The number of carbonyl (C=O) groups is 3. The van der Waals surface area contributed by atoms with Gasteiger partial charge in [-0.2, -0.15) is 0 Å². The number of para-hydroxylation sites is 1. The molecule has 1 unspecified atom stereocenters. The molecule has 1 fully saturated rings. The monoisotopic (exact) mass is 387 g/mol. The molecule has 1 saturated heterocycles. The Hall–Kier alpha value is -3.14. The van der Waals surface area contributed by atoms with Gasteiger partial charge in [-0.1, -0.05) is 30.0 Å². The third-order valence-corrected chi connectivity index (χ3v) is 5.03. The van der Waals surface area contributed by atoms with Gasteiger partial charge in [0.1, 0.15) is 5.25 Å². The number of rotatable bonds is 5. The van der Waals surface area contributed by atoms with Crippen molar-refractivity contribution in [3.8, 4) is 0 Å². The summed E-state index contributed by atoms with van der Waals surface area (Å²) in [6, 6.07) is 8.98. The van der Waals surface area contributed by atoms with Gasteiger partial charge in [-0.3, -0.25) is 19.3 Å². The number of benzene rings is 1. The van der Waals surface area contributed by atoms with E-state index in [0.29, 0.717) is 10.9 Å². The first-order chi connectivity index (χ1) is 13.0. The highest BCUT2D eigenvalue weighted by molar-refractivity contribution is 8.15. The molecule has 3 rings (SSSR count). The second-order valence-electron chi connectivity index (χ2n) is 5.60. The van der Waals surface area contributed by atoms with E-state index in [9.17, 15) is 14.4 Å². The second kappa shape index (κ2) is 8.04. The van der Waals surface area contributed by atoms with Crippen LogP contribution in [-0.2, 0) is 14.3 Å². The largest absolute Gasteiger partial charge is 0.469 e. The summed E-state index contributed by atoms with van der Waals surface area (Å²) in [6.07, 6.45) is 1.30. The molecule has 10 heteroatoms. The minimum atomic E-state index is -0.610. The van der Waals surface area contributed by atoms with Gasteiger partial charge in [-0.15, -0.1) is 0 Å². The molecule has 2 amide bonds. The average molecular weight is 387 g/mol. The highest BCUT2D eigenvalue weighted by Crippen LogP contribution is 2.31. The van der Waals surface area contributed by atoms with Crippen LogP contribution in [0, 0.1) is 0 Å². The van der Waals surface area contributed by atoms with Crippen molar-refractivity contribution in [2.45, 2.75) is 11.7 Å². The number of hydrogen-bond acceptors (Lipinski definition) is 7. The van der Waals surface area contributed by atoms with Crippen LogP contribution in [-0.4, -0.2) is 57.2 Å². The van der Waals surface area contributed by atoms with Crippen molar-refractivity contribution in [2.24, 2.45) is 4.99 Å². The zero-order valence-corrected chi connectivity index (χ0v) is 15.4. The first kappa shape index (κ1) is 18.6. The summed E-state index contributed by atoms with van der Waals surface area (Å²) < 4.78 is 4.61. The van der Waals surface area contributed by atoms with E-state index in [1.165, 1.54) is 18.3 Å². The van der Waals surface area contributed by atoms with E-state index in [0.717, 1.165) is 11.8 Å². The lowest BCUT2D eigenvalue weighted by Crippen LogP contribution is -2.29. The van der Waals surface area contributed by atoms with Gasteiger partial charge in [0.05, 0.1) is 19.9 Å². The number of imidazole rings is 1.